The number of benzene rings is 2. The van der Waals surface area contributed by atoms with Crippen molar-refractivity contribution in [3.05, 3.63) is 65.7 Å². The van der Waals surface area contributed by atoms with Gasteiger partial charge in [0.2, 0.25) is 5.91 Å². The van der Waals surface area contributed by atoms with Gasteiger partial charge >= 0.3 is 0 Å². The molecule has 0 saturated carbocycles. The van der Waals surface area contributed by atoms with E-state index in [1.54, 1.807) is 13.1 Å². The van der Waals surface area contributed by atoms with Gasteiger partial charge in [0, 0.05) is 51.0 Å². The van der Waals surface area contributed by atoms with Crippen molar-refractivity contribution >= 4 is 41.5 Å². The molecule has 0 radical (unpaired) electrons. The Morgan fingerprint density at radius 1 is 1.10 bits per heavy atom. The topological polar surface area (TPSA) is 60.0 Å². The maximum absolute atomic E-state index is 12.3. The Bertz CT molecular complexity index is 886. The Morgan fingerprint density at radius 3 is 2.50 bits per heavy atom. The van der Waals surface area contributed by atoms with Gasteiger partial charge in [-0.25, -0.2) is 0 Å². The van der Waals surface area contributed by atoms with Gasteiger partial charge < -0.3 is 15.5 Å². The lowest BCUT2D eigenvalue weighted by Gasteiger charge is -2.36. The number of piperazine rings is 1. The van der Waals surface area contributed by atoms with Crippen LogP contribution in [0.4, 0.5) is 5.69 Å². The van der Waals surface area contributed by atoms with Crippen LogP contribution in [0, 0.1) is 12.3 Å². The van der Waals surface area contributed by atoms with E-state index in [9.17, 15) is 4.79 Å². The number of carbonyl (C=O) groups is 1. The summed E-state index contributed by atoms with van der Waals surface area (Å²) in [6, 6.07) is 17.8. The summed E-state index contributed by atoms with van der Waals surface area (Å²) in [7, 11) is 1.74. The number of aliphatic imine (C=N–C) groups is 1. The predicted molar refractivity (Wildman–Crippen MR) is 133 cm³/mol. The molecule has 2 aromatic rings. The number of anilines is 1. The van der Waals surface area contributed by atoms with Crippen LogP contribution in [0.5, 0.6) is 0 Å². The average Bonchev–Trinajstić information content (AvgIpc) is 2.76. The van der Waals surface area contributed by atoms with Crippen LogP contribution in [0.25, 0.3) is 0 Å². The first-order valence-corrected chi connectivity index (χ1v) is 9.76. The molecule has 1 heterocycles. The number of nitrogens with zero attached hydrogens (tertiary/aromatic N) is 3. The maximum Gasteiger partial charge on any atom is 0.243 e. The molecule has 30 heavy (non-hydrogen) atoms. The van der Waals surface area contributed by atoms with E-state index >= 15 is 0 Å². The zero-order chi connectivity index (χ0) is 20.5. The van der Waals surface area contributed by atoms with E-state index in [4.69, 9.17) is 6.42 Å². The van der Waals surface area contributed by atoms with Crippen molar-refractivity contribution in [1.82, 2.24) is 15.1 Å². The molecular formula is C23H28IN5O. The minimum atomic E-state index is -0.136. The van der Waals surface area contributed by atoms with Gasteiger partial charge in [-0.3, -0.25) is 14.7 Å². The lowest BCUT2D eigenvalue weighted by atomic mass is 10.2. The molecule has 2 N–H and O–H groups in total. The van der Waals surface area contributed by atoms with E-state index in [-0.39, 0.29) is 36.4 Å². The molecule has 3 rings (SSSR count). The van der Waals surface area contributed by atoms with E-state index < -0.39 is 0 Å². The molecule has 7 heteroatoms. The van der Waals surface area contributed by atoms with E-state index in [1.165, 1.54) is 5.56 Å². The smallest absolute Gasteiger partial charge is 0.243 e. The van der Waals surface area contributed by atoms with Crippen molar-refractivity contribution in [1.29, 1.82) is 0 Å². The zero-order valence-corrected chi connectivity index (χ0v) is 19.5. The van der Waals surface area contributed by atoms with Gasteiger partial charge in [0.15, 0.2) is 5.96 Å². The molecule has 1 aliphatic heterocycles. The molecule has 0 atom stereocenters. The van der Waals surface area contributed by atoms with Gasteiger partial charge in [0.05, 0.1) is 6.54 Å². The van der Waals surface area contributed by atoms with Crippen LogP contribution < -0.4 is 10.6 Å². The monoisotopic (exact) mass is 517 g/mol. The number of carbonyl (C=O) groups excluding carboxylic acids is 1. The molecule has 0 aliphatic carbocycles. The Balaban J connectivity index is 0.00000320. The van der Waals surface area contributed by atoms with E-state index in [0.29, 0.717) is 5.69 Å². The summed E-state index contributed by atoms with van der Waals surface area (Å²) in [4.78, 5) is 21.2. The van der Waals surface area contributed by atoms with Gasteiger partial charge in [-0.05, 0) is 23.8 Å². The third-order valence-corrected chi connectivity index (χ3v) is 4.85. The van der Waals surface area contributed by atoms with Crippen LogP contribution >= 0.6 is 24.0 Å². The minimum Gasteiger partial charge on any atom is -0.347 e. The molecule has 1 aliphatic rings. The number of guanidine groups is 1. The van der Waals surface area contributed by atoms with Gasteiger partial charge in [-0.2, -0.15) is 0 Å². The van der Waals surface area contributed by atoms with Crippen LogP contribution in [0.3, 0.4) is 0 Å². The van der Waals surface area contributed by atoms with Crippen molar-refractivity contribution in [2.75, 3.05) is 45.1 Å². The summed E-state index contributed by atoms with van der Waals surface area (Å²) < 4.78 is 0. The summed E-state index contributed by atoms with van der Waals surface area (Å²) in [6.45, 7) is 4.77. The first kappa shape index (κ1) is 23.7. The lowest BCUT2D eigenvalue weighted by Crippen LogP contribution is -2.53. The average molecular weight is 517 g/mol. The summed E-state index contributed by atoms with van der Waals surface area (Å²) >= 11 is 0. The molecule has 0 spiro atoms. The number of rotatable bonds is 5. The highest BCUT2D eigenvalue weighted by atomic mass is 127. The molecule has 1 amide bonds. The molecule has 0 aromatic heterocycles. The molecule has 1 saturated heterocycles. The van der Waals surface area contributed by atoms with Gasteiger partial charge in [0.25, 0.3) is 0 Å². The maximum atomic E-state index is 12.3. The second kappa shape index (κ2) is 12.2. The van der Waals surface area contributed by atoms with E-state index in [2.05, 4.69) is 55.6 Å². The molecule has 0 bridgehead atoms. The van der Waals surface area contributed by atoms with E-state index in [0.717, 1.165) is 44.2 Å². The van der Waals surface area contributed by atoms with Gasteiger partial charge in [-0.1, -0.05) is 42.3 Å². The largest absolute Gasteiger partial charge is 0.347 e. The zero-order valence-electron chi connectivity index (χ0n) is 17.2. The van der Waals surface area contributed by atoms with Crippen LogP contribution in [0.15, 0.2) is 59.6 Å². The highest BCUT2D eigenvalue weighted by Crippen LogP contribution is 2.10. The summed E-state index contributed by atoms with van der Waals surface area (Å²) in [5.74, 6) is 3.18. The Kier molecular flexibility index (Phi) is 9.64. The SMILES string of the molecule is C#Cc1cccc(NC(=O)CNC(=NC)N2CCN(Cc3ccccc3)CC2)c1.I. The molecular weight excluding hydrogens is 489 g/mol. The second-order valence-electron chi connectivity index (χ2n) is 6.92. The Morgan fingerprint density at radius 2 is 1.83 bits per heavy atom. The highest BCUT2D eigenvalue weighted by Gasteiger charge is 2.20. The fourth-order valence-corrected chi connectivity index (χ4v) is 3.34. The third-order valence-electron chi connectivity index (χ3n) is 4.85. The fourth-order valence-electron chi connectivity index (χ4n) is 3.34. The van der Waals surface area contributed by atoms with Crippen molar-refractivity contribution in [3.63, 3.8) is 0 Å². The minimum absolute atomic E-state index is 0. The third kappa shape index (κ3) is 7.04. The Hall–Kier alpha value is -2.57. The summed E-state index contributed by atoms with van der Waals surface area (Å²) in [5, 5.41) is 6.01. The molecule has 2 aromatic carbocycles. The number of hydrogen-bond acceptors (Lipinski definition) is 3. The predicted octanol–water partition coefficient (Wildman–Crippen LogP) is 2.62. The fraction of sp³-hybridized carbons (Fsp3) is 0.304. The van der Waals surface area contributed by atoms with Crippen molar-refractivity contribution in [2.45, 2.75) is 6.54 Å². The van der Waals surface area contributed by atoms with Crippen molar-refractivity contribution in [3.8, 4) is 12.3 Å². The molecule has 6 nitrogen and oxygen atoms in total. The molecule has 0 unspecified atom stereocenters. The van der Waals surface area contributed by atoms with Gasteiger partial charge in [0.1, 0.15) is 0 Å². The lowest BCUT2D eigenvalue weighted by molar-refractivity contribution is -0.115. The van der Waals surface area contributed by atoms with E-state index in [1.807, 2.05) is 24.3 Å². The van der Waals surface area contributed by atoms with Crippen LogP contribution in [0.2, 0.25) is 0 Å². The number of nitrogens with one attached hydrogen (secondary N) is 2. The number of amides is 1. The quantitative estimate of drug-likeness (QED) is 0.277. The van der Waals surface area contributed by atoms with Crippen LogP contribution in [-0.2, 0) is 11.3 Å². The second-order valence-corrected chi connectivity index (χ2v) is 6.92. The van der Waals surface area contributed by atoms with Crippen LogP contribution in [-0.4, -0.2) is 61.4 Å². The van der Waals surface area contributed by atoms with Gasteiger partial charge in [-0.15, -0.1) is 30.4 Å². The molecule has 1 fully saturated rings. The number of hydrogen-bond donors (Lipinski definition) is 2. The van der Waals surface area contributed by atoms with Crippen molar-refractivity contribution in [2.24, 2.45) is 4.99 Å². The van der Waals surface area contributed by atoms with Crippen LogP contribution in [0.1, 0.15) is 11.1 Å². The Labute approximate surface area is 195 Å². The number of terminal acetylenes is 1. The standard InChI is InChI=1S/C23H27N5O.HI/c1-3-19-10-7-11-21(16-19)26-22(29)17-25-23(24-2)28-14-12-27(13-15-28)18-20-8-5-4-6-9-20;/h1,4-11,16H,12-15,17-18H2,2H3,(H,24,25)(H,26,29);1H. The number of halogens is 1. The normalized spacial score (nSPS) is 14.4. The molecule has 158 valence electrons. The summed E-state index contributed by atoms with van der Waals surface area (Å²) in [5.41, 5.74) is 2.76. The first-order chi connectivity index (χ1) is 14.2. The summed E-state index contributed by atoms with van der Waals surface area (Å²) in [6.07, 6.45) is 5.40. The van der Waals surface area contributed by atoms with Crippen molar-refractivity contribution < 1.29 is 4.79 Å². The highest BCUT2D eigenvalue weighted by molar-refractivity contribution is 14.0. The first-order valence-electron chi connectivity index (χ1n) is 9.76.